The van der Waals surface area contributed by atoms with Crippen LogP contribution in [0, 0.1) is 0 Å². The van der Waals surface area contributed by atoms with Gasteiger partial charge in [-0.05, 0) is 48.9 Å². The van der Waals surface area contributed by atoms with Crippen molar-refractivity contribution in [1.82, 2.24) is 14.7 Å². The second kappa shape index (κ2) is 9.88. The van der Waals surface area contributed by atoms with Gasteiger partial charge < -0.3 is 9.47 Å². The van der Waals surface area contributed by atoms with E-state index in [1.165, 1.54) is 11.8 Å². The van der Waals surface area contributed by atoms with Crippen LogP contribution in [-0.2, 0) is 4.79 Å². The zero-order valence-corrected chi connectivity index (χ0v) is 21.7. The van der Waals surface area contributed by atoms with E-state index in [0.717, 1.165) is 33.8 Å². The molecule has 0 saturated carbocycles. The van der Waals surface area contributed by atoms with Gasteiger partial charge in [0.05, 0.1) is 16.6 Å². The van der Waals surface area contributed by atoms with Crippen LogP contribution in [0.15, 0.2) is 90.0 Å². The summed E-state index contributed by atoms with van der Waals surface area (Å²) in [7, 11) is 0. The standard InChI is InChI=1S/C29H23N3O3S2/c1-19(20-8-4-2-5-9-20)32-28(33)26(37-29(32)36)17-22-18-31(23-10-6-3-7-11-23)30-27(22)21-12-13-24-25(16-21)35-15-14-34-24/h2-13,16-19H,14-15H2,1H3/b26-17-. The van der Waals surface area contributed by atoms with Crippen LogP contribution in [0.25, 0.3) is 23.0 Å². The minimum Gasteiger partial charge on any atom is -0.486 e. The van der Waals surface area contributed by atoms with Crippen molar-refractivity contribution in [2.75, 3.05) is 13.2 Å². The summed E-state index contributed by atoms with van der Waals surface area (Å²) in [5.74, 6) is 1.30. The molecule has 1 aromatic heterocycles. The first-order valence-electron chi connectivity index (χ1n) is 12.0. The van der Waals surface area contributed by atoms with E-state index >= 15 is 0 Å². The number of carbonyl (C=O) groups is 1. The summed E-state index contributed by atoms with van der Waals surface area (Å²) >= 11 is 6.96. The molecule has 6 rings (SSSR count). The first-order chi connectivity index (χ1) is 18.1. The van der Waals surface area contributed by atoms with Crippen molar-refractivity contribution in [3.63, 3.8) is 0 Å². The first-order valence-corrected chi connectivity index (χ1v) is 13.2. The molecule has 37 heavy (non-hydrogen) atoms. The Labute approximate surface area is 224 Å². The van der Waals surface area contributed by atoms with E-state index in [9.17, 15) is 4.79 Å². The summed E-state index contributed by atoms with van der Waals surface area (Å²) in [4.78, 5) is 15.8. The molecule has 0 aliphatic carbocycles. The fraction of sp³-hybridized carbons (Fsp3) is 0.138. The number of para-hydroxylation sites is 1. The third-order valence-corrected chi connectivity index (χ3v) is 7.69. The number of benzene rings is 3. The highest BCUT2D eigenvalue weighted by Gasteiger charge is 2.36. The lowest BCUT2D eigenvalue weighted by Gasteiger charge is -2.23. The van der Waals surface area contributed by atoms with Gasteiger partial charge in [0.25, 0.3) is 5.91 Å². The zero-order valence-electron chi connectivity index (χ0n) is 20.0. The van der Waals surface area contributed by atoms with Crippen LogP contribution < -0.4 is 9.47 Å². The Hall–Kier alpha value is -3.88. The lowest BCUT2D eigenvalue weighted by atomic mass is 10.1. The van der Waals surface area contributed by atoms with Crippen molar-refractivity contribution >= 4 is 40.3 Å². The maximum atomic E-state index is 13.5. The normalized spacial score (nSPS) is 16.9. The third kappa shape index (κ3) is 4.54. The summed E-state index contributed by atoms with van der Waals surface area (Å²) in [6, 6.07) is 25.4. The molecule has 184 valence electrons. The van der Waals surface area contributed by atoms with Crippen molar-refractivity contribution in [2.24, 2.45) is 0 Å². The van der Waals surface area contributed by atoms with Crippen molar-refractivity contribution in [2.45, 2.75) is 13.0 Å². The summed E-state index contributed by atoms with van der Waals surface area (Å²) in [5, 5.41) is 4.90. The van der Waals surface area contributed by atoms with Crippen molar-refractivity contribution in [3.05, 3.63) is 101 Å². The molecule has 3 heterocycles. The zero-order chi connectivity index (χ0) is 25.4. The van der Waals surface area contributed by atoms with Gasteiger partial charge in [-0.1, -0.05) is 72.5 Å². The number of rotatable bonds is 5. The molecular formula is C29H23N3O3S2. The number of thiocarbonyl (C=S) groups is 1. The largest absolute Gasteiger partial charge is 0.486 e. The molecule has 1 atom stereocenters. The number of fused-ring (bicyclic) bond motifs is 1. The van der Waals surface area contributed by atoms with Gasteiger partial charge in [0.2, 0.25) is 0 Å². The minimum absolute atomic E-state index is 0.105. The lowest BCUT2D eigenvalue weighted by Crippen LogP contribution is -2.30. The average molecular weight is 526 g/mol. The molecule has 2 aliphatic heterocycles. The monoisotopic (exact) mass is 525 g/mol. The highest BCUT2D eigenvalue weighted by atomic mass is 32.2. The van der Waals surface area contributed by atoms with E-state index in [4.69, 9.17) is 26.8 Å². The molecule has 0 bridgehead atoms. The number of thioether (sulfide) groups is 1. The van der Waals surface area contributed by atoms with Gasteiger partial charge in [-0.2, -0.15) is 5.10 Å². The Balaban J connectivity index is 1.40. The van der Waals surface area contributed by atoms with Crippen LogP contribution in [0.3, 0.4) is 0 Å². The maximum Gasteiger partial charge on any atom is 0.266 e. The number of nitrogens with zero attached hydrogens (tertiary/aromatic N) is 3. The number of amides is 1. The number of ether oxygens (including phenoxy) is 2. The smallest absolute Gasteiger partial charge is 0.266 e. The topological polar surface area (TPSA) is 56.6 Å². The molecule has 4 aromatic rings. The average Bonchev–Trinajstić information content (AvgIpc) is 3.49. The fourth-order valence-electron chi connectivity index (χ4n) is 4.46. The van der Waals surface area contributed by atoms with Crippen molar-refractivity contribution in [1.29, 1.82) is 0 Å². The van der Waals surface area contributed by atoms with Crippen LogP contribution in [0.1, 0.15) is 24.1 Å². The highest BCUT2D eigenvalue weighted by Crippen LogP contribution is 2.40. The molecular weight excluding hydrogens is 502 g/mol. The van der Waals surface area contributed by atoms with Crippen LogP contribution in [0.2, 0.25) is 0 Å². The van der Waals surface area contributed by atoms with Gasteiger partial charge in [0.1, 0.15) is 23.2 Å². The summed E-state index contributed by atoms with van der Waals surface area (Å²) in [5.41, 5.74) is 4.38. The predicted molar refractivity (Wildman–Crippen MR) is 150 cm³/mol. The summed E-state index contributed by atoms with van der Waals surface area (Å²) < 4.78 is 13.9. The second-order valence-electron chi connectivity index (χ2n) is 8.71. The molecule has 0 N–H and O–H groups in total. The number of aromatic nitrogens is 2. The first kappa shape index (κ1) is 23.5. The Kier molecular flexibility index (Phi) is 6.28. The van der Waals surface area contributed by atoms with E-state index in [0.29, 0.717) is 28.2 Å². The predicted octanol–water partition coefficient (Wildman–Crippen LogP) is 6.27. The van der Waals surface area contributed by atoms with Gasteiger partial charge in [-0.15, -0.1) is 0 Å². The van der Waals surface area contributed by atoms with Gasteiger partial charge in [-0.25, -0.2) is 4.68 Å². The third-order valence-electron chi connectivity index (χ3n) is 6.36. The van der Waals surface area contributed by atoms with E-state index in [2.05, 4.69) is 0 Å². The van der Waals surface area contributed by atoms with Crippen LogP contribution in [-0.4, -0.2) is 38.1 Å². The van der Waals surface area contributed by atoms with Crippen LogP contribution >= 0.6 is 24.0 Å². The Morgan fingerprint density at radius 1 is 0.973 bits per heavy atom. The van der Waals surface area contributed by atoms with Gasteiger partial charge in [0.15, 0.2) is 11.5 Å². The molecule has 2 aliphatic rings. The van der Waals surface area contributed by atoms with Crippen LogP contribution in [0.4, 0.5) is 0 Å². The number of hydrogen-bond acceptors (Lipinski definition) is 6. The van der Waals surface area contributed by atoms with Gasteiger partial charge in [0, 0.05) is 17.3 Å². The Morgan fingerprint density at radius 3 is 2.43 bits per heavy atom. The quantitative estimate of drug-likeness (QED) is 0.226. The number of carbonyl (C=O) groups excluding carboxylic acids is 1. The Morgan fingerprint density at radius 2 is 1.68 bits per heavy atom. The van der Waals surface area contributed by atoms with Gasteiger partial charge in [-0.3, -0.25) is 9.69 Å². The van der Waals surface area contributed by atoms with E-state index < -0.39 is 0 Å². The second-order valence-corrected chi connectivity index (χ2v) is 10.4. The molecule has 0 radical (unpaired) electrons. The van der Waals surface area contributed by atoms with E-state index in [1.54, 1.807) is 4.90 Å². The maximum absolute atomic E-state index is 13.5. The molecule has 1 unspecified atom stereocenters. The molecule has 1 fully saturated rings. The Bertz CT molecular complexity index is 1520. The van der Waals surface area contributed by atoms with E-state index in [-0.39, 0.29) is 11.9 Å². The van der Waals surface area contributed by atoms with Crippen LogP contribution in [0.5, 0.6) is 11.5 Å². The fourth-order valence-corrected chi connectivity index (χ4v) is 5.87. The van der Waals surface area contributed by atoms with Gasteiger partial charge >= 0.3 is 0 Å². The van der Waals surface area contributed by atoms with Crippen molar-refractivity contribution < 1.29 is 14.3 Å². The molecule has 6 nitrogen and oxygen atoms in total. The van der Waals surface area contributed by atoms with E-state index in [1.807, 2.05) is 103 Å². The molecule has 1 amide bonds. The molecule has 1 saturated heterocycles. The SMILES string of the molecule is CC(c1ccccc1)N1C(=O)/C(=C/c2cn(-c3ccccc3)nc2-c2ccc3c(c2)OCCO3)SC1=S. The summed E-state index contributed by atoms with van der Waals surface area (Å²) in [6.45, 7) is 3.03. The lowest BCUT2D eigenvalue weighted by molar-refractivity contribution is -0.123. The number of hydrogen-bond donors (Lipinski definition) is 0. The highest BCUT2D eigenvalue weighted by molar-refractivity contribution is 8.26. The summed E-state index contributed by atoms with van der Waals surface area (Å²) in [6.07, 6.45) is 3.82. The molecule has 8 heteroatoms. The van der Waals surface area contributed by atoms with Crippen molar-refractivity contribution in [3.8, 4) is 28.4 Å². The minimum atomic E-state index is -0.163. The molecule has 0 spiro atoms. The molecule has 3 aromatic carbocycles.